The Kier molecular flexibility index (Phi) is 24.8. The minimum Gasteiger partial charge on any atom is -0.726 e. The largest absolute Gasteiger partial charge is 1.00 e. The molecule has 13 heterocycles. The van der Waals surface area contributed by atoms with Gasteiger partial charge in [0.2, 0.25) is 20.8 Å². The van der Waals surface area contributed by atoms with E-state index < -0.39 is 228 Å². The third-order valence-corrected chi connectivity index (χ3v) is 24.3. The van der Waals surface area contributed by atoms with E-state index in [1.54, 1.807) is 32.1 Å². The van der Waals surface area contributed by atoms with Crippen LogP contribution in [0.2, 0.25) is 0 Å². The van der Waals surface area contributed by atoms with Gasteiger partial charge in [-0.1, -0.05) is 43.9 Å². The predicted molar refractivity (Wildman–Crippen MR) is 330 cm³/mol. The standard InChI is InChI=1S/C66H100O29S2.2Na/c1-10-12-31(2)13-17-62(5,72)58-33(4)21-42-41(87-58)27-51-66(9,93-42)59(91-61-55(71)53(69)47(89-61)30-79-60-54(70)52(68)46(29-67)88-60)57-45(86-51)25-44-56(90-57)32(3)14-18-64(7)49(85-44)28-48-65(8,95-64)19-15-34-35(84-48)22-37-36(81-34)23-38-39(82-37)24-43-40(83-38)26-50(94-97(76,77)78)63(6,92-43)16-11-20-80-96(73,74)75;;/h10,13,17,32,34-61,67-72H,1-2,4,11-12,14-16,18-30H2,3,5-9H3,(H,73,74,75)(H,76,77,78);;/q;2*+1/p-2/b17-13+;;/t32-,34?,35?,36?,37?,38?,39?,40?,41?,42?,43?,44?,45?,46-,47-,48?,49?,50?,51?,52?,53?,54?,55?,56?,57?,58?,59?,60-,61+,62+,63+,64-,65+,66-;;/m0../s1. The van der Waals surface area contributed by atoms with Crippen LogP contribution < -0.4 is 59.1 Å². The Morgan fingerprint density at radius 2 is 1.22 bits per heavy atom. The molecular weight excluding hydrogens is 1370 g/mol. The molecule has 0 aromatic carbocycles. The first-order valence-electron chi connectivity index (χ1n) is 34.5. The van der Waals surface area contributed by atoms with Gasteiger partial charge in [0.25, 0.3) is 0 Å². The number of hydrogen-bond donors (Lipinski definition) is 6. The minimum absolute atomic E-state index is 0. The zero-order valence-corrected chi connectivity index (χ0v) is 63.3. The molecule has 13 aliphatic heterocycles. The molecule has 6 N–H and O–H groups in total. The van der Waals surface area contributed by atoms with Gasteiger partial charge in [0.15, 0.2) is 12.6 Å². The van der Waals surface area contributed by atoms with Gasteiger partial charge in [-0.15, -0.1) is 6.58 Å². The van der Waals surface area contributed by atoms with Gasteiger partial charge < -0.3 is 111 Å². The van der Waals surface area contributed by atoms with Crippen LogP contribution in [-0.4, -0.2) is 276 Å². The average Bonchev–Trinajstić information content (AvgIpc) is 1.63. The molecule has 29 nitrogen and oxygen atoms in total. The van der Waals surface area contributed by atoms with Crippen molar-refractivity contribution in [3.05, 3.63) is 49.1 Å². The van der Waals surface area contributed by atoms with Gasteiger partial charge in [0.1, 0.15) is 72.2 Å². The maximum Gasteiger partial charge on any atom is 1.00 e. The third kappa shape index (κ3) is 16.4. The van der Waals surface area contributed by atoms with E-state index in [-0.39, 0.29) is 103 Å². The van der Waals surface area contributed by atoms with E-state index in [9.17, 15) is 56.6 Å². The molecular formula is C66H98Na2O29S2. The molecule has 13 aliphatic rings. The number of aliphatic hydroxyl groups excluding tert-OH is 5. The Morgan fingerprint density at radius 3 is 1.87 bits per heavy atom. The van der Waals surface area contributed by atoms with Crippen molar-refractivity contribution in [2.45, 2.75) is 337 Å². The molecule has 0 aromatic rings. The van der Waals surface area contributed by atoms with E-state index in [0.29, 0.717) is 76.2 Å². The monoisotopic (exact) mass is 1460 g/mol. The van der Waals surface area contributed by atoms with E-state index in [1.807, 2.05) is 6.92 Å². The molecule has 13 fully saturated rings. The number of hydrogen-bond acceptors (Lipinski definition) is 29. The van der Waals surface area contributed by atoms with Crippen molar-refractivity contribution in [2.24, 2.45) is 5.92 Å². The molecule has 0 aliphatic carbocycles. The SMILES string of the molecule is C=CCC(=C)/C=C/[C@@](C)(O)C1OC2CC3OC4CC5OC6CC7OC8CC9OC%10CC%11O[C@](C)(CCCOS(=O)(=O)[O-])C(OS(=O)(=O)[O-])CC%11OC%10CC9OC8CC[C@@]7(C)O[C@@]6(C)CC[C@H](C)C5OC4C(O[C@H]4O[C@@H](CO[C@H]5O[C@@H](CO)C(O)C5O)C(O)C4O)[C@@]3(C)OC2CC1=C.[Na+].[Na+]. The molecule has 13 saturated heterocycles. The number of rotatable bonds is 18. The third-order valence-electron chi connectivity index (χ3n) is 23.3. The topological polar surface area (TPSA) is 393 Å². The van der Waals surface area contributed by atoms with Gasteiger partial charge in [-0.3, -0.25) is 8.37 Å². The quantitative estimate of drug-likeness (QED) is 0.0189. The van der Waals surface area contributed by atoms with Crippen LogP contribution in [0.4, 0.5) is 0 Å². The number of allylic oxidation sites excluding steroid dienone is 3. The molecule has 0 aromatic heterocycles. The fourth-order valence-electron chi connectivity index (χ4n) is 18.0. The Balaban J connectivity index is 0.00000495. The van der Waals surface area contributed by atoms with Crippen LogP contribution in [-0.2, 0) is 100 Å². The van der Waals surface area contributed by atoms with E-state index in [0.717, 1.165) is 5.57 Å². The molecule has 0 amide bonds. The predicted octanol–water partition coefficient (Wildman–Crippen LogP) is -4.30. The summed E-state index contributed by atoms with van der Waals surface area (Å²) in [5, 5.41) is 65.8. The first-order chi connectivity index (χ1) is 45.7. The summed E-state index contributed by atoms with van der Waals surface area (Å²) in [6.07, 6.45) is -12.7. The Hall–Kier alpha value is -0.140. The molecule has 13 rings (SSSR count). The zero-order valence-electron chi connectivity index (χ0n) is 57.7. The van der Waals surface area contributed by atoms with E-state index >= 15 is 0 Å². The summed E-state index contributed by atoms with van der Waals surface area (Å²) in [5.41, 5.74) is -4.38. The van der Waals surface area contributed by atoms with Crippen molar-refractivity contribution in [3.63, 3.8) is 0 Å². The smallest absolute Gasteiger partial charge is 0.726 e. The van der Waals surface area contributed by atoms with Crippen LogP contribution in [0.5, 0.6) is 0 Å². The molecule has 99 heavy (non-hydrogen) atoms. The summed E-state index contributed by atoms with van der Waals surface area (Å²) in [5.74, 6) is -0.0997. The summed E-state index contributed by atoms with van der Waals surface area (Å²) < 4.78 is 181. The minimum atomic E-state index is -5.21. The normalized spacial score (nSPS) is 50.1. The van der Waals surface area contributed by atoms with Gasteiger partial charge in [-0.25, -0.2) is 16.8 Å². The van der Waals surface area contributed by atoms with Crippen molar-refractivity contribution in [1.29, 1.82) is 0 Å². The van der Waals surface area contributed by atoms with Crippen molar-refractivity contribution >= 4 is 20.8 Å². The van der Waals surface area contributed by atoms with E-state index in [1.165, 1.54) is 0 Å². The van der Waals surface area contributed by atoms with Crippen LogP contribution >= 0.6 is 0 Å². The Morgan fingerprint density at radius 1 is 0.657 bits per heavy atom. The van der Waals surface area contributed by atoms with Crippen LogP contribution in [0.25, 0.3) is 0 Å². The second-order valence-electron chi connectivity index (χ2n) is 30.5. The van der Waals surface area contributed by atoms with Gasteiger partial charge in [-0.05, 0) is 97.5 Å². The van der Waals surface area contributed by atoms with Crippen LogP contribution in [0.15, 0.2) is 49.1 Å². The fourth-order valence-corrected chi connectivity index (χ4v) is 18.9. The van der Waals surface area contributed by atoms with Gasteiger partial charge in [0, 0.05) is 44.9 Å². The molecule has 550 valence electrons. The summed E-state index contributed by atoms with van der Waals surface area (Å²) in [6, 6.07) is 0. The maximum absolute atomic E-state index is 12.0. The summed E-state index contributed by atoms with van der Waals surface area (Å²) >= 11 is 0. The molecule has 0 spiro atoms. The first kappa shape index (κ1) is 79.9. The van der Waals surface area contributed by atoms with Crippen LogP contribution in [0.1, 0.15) is 138 Å². The molecule has 34 atom stereocenters. The molecule has 24 unspecified atom stereocenters. The molecule has 0 saturated carbocycles. The summed E-state index contributed by atoms with van der Waals surface area (Å²) in [6.45, 7) is 22.2. The molecule has 33 heteroatoms. The van der Waals surface area contributed by atoms with E-state index in [4.69, 9.17) is 75.2 Å². The Labute approximate surface area is 623 Å². The van der Waals surface area contributed by atoms with Crippen molar-refractivity contribution in [2.75, 3.05) is 19.8 Å². The molecule has 0 bridgehead atoms. The molecule has 0 radical (unpaired) electrons. The second-order valence-corrected chi connectivity index (χ2v) is 32.6. The van der Waals surface area contributed by atoms with Crippen LogP contribution in [0, 0.1) is 5.92 Å². The van der Waals surface area contributed by atoms with E-state index in [2.05, 4.69) is 44.7 Å². The zero-order chi connectivity index (χ0) is 69.3. The maximum atomic E-state index is 12.0. The summed E-state index contributed by atoms with van der Waals surface area (Å²) in [4.78, 5) is 0. The second kappa shape index (κ2) is 30.7. The van der Waals surface area contributed by atoms with Crippen molar-refractivity contribution in [1.82, 2.24) is 0 Å². The van der Waals surface area contributed by atoms with Gasteiger partial charge in [-0.2, -0.15) is 0 Å². The number of ether oxygens (including phenoxy) is 15. The van der Waals surface area contributed by atoms with Crippen molar-refractivity contribution in [3.8, 4) is 0 Å². The van der Waals surface area contributed by atoms with Gasteiger partial charge in [0.05, 0.1) is 134 Å². The number of aliphatic hydroxyl groups is 6. The first-order valence-corrected chi connectivity index (χ1v) is 37.2. The average molecular weight is 1470 g/mol. The summed E-state index contributed by atoms with van der Waals surface area (Å²) in [7, 11) is -10.2. The van der Waals surface area contributed by atoms with Crippen molar-refractivity contribution < 1.29 is 195 Å². The Bertz CT molecular complexity index is 3140. The number of fused-ring (bicyclic) bond motifs is 10. The van der Waals surface area contributed by atoms with Gasteiger partial charge >= 0.3 is 59.1 Å². The fraction of sp³-hybridized carbons (Fsp3) is 0.879. The van der Waals surface area contributed by atoms with Crippen LogP contribution in [0.3, 0.4) is 0 Å².